The van der Waals surface area contributed by atoms with E-state index in [0.717, 1.165) is 17.6 Å². The molecule has 2 atom stereocenters. The Labute approximate surface area is 178 Å². The van der Waals surface area contributed by atoms with Crippen molar-refractivity contribution in [3.8, 4) is 5.75 Å². The zero-order valence-corrected chi connectivity index (χ0v) is 17.9. The van der Waals surface area contributed by atoms with Crippen molar-refractivity contribution in [1.29, 1.82) is 0 Å². The maximum atomic E-state index is 12.0. The van der Waals surface area contributed by atoms with Crippen LogP contribution in [0.3, 0.4) is 0 Å². The molecular formula is C21H22Cl2O6. The van der Waals surface area contributed by atoms with Crippen LogP contribution in [0, 0.1) is 10.8 Å². The van der Waals surface area contributed by atoms with Gasteiger partial charge in [-0.2, -0.15) is 0 Å². The lowest BCUT2D eigenvalue weighted by atomic mass is 9.71. The molecule has 1 aromatic carbocycles. The number of fused-ring (bicyclic) bond motifs is 3. The van der Waals surface area contributed by atoms with E-state index in [0.29, 0.717) is 24.8 Å². The van der Waals surface area contributed by atoms with E-state index < -0.39 is 23.5 Å². The molecule has 2 unspecified atom stereocenters. The molecule has 0 radical (unpaired) electrons. The van der Waals surface area contributed by atoms with Gasteiger partial charge in [0.05, 0.1) is 5.02 Å². The molecule has 0 saturated carbocycles. The molecule has 0 amide bonds. The van der Waals surface area contributed by atoms with Gasteiger partial charge >= 0.3 is 11.9 Å². The summed E-state index contributed by atoms with van der Waals surface area (Å²) in [5, 5.41) is 19.1. The molecule has 156 valence electrons. The second-order valence-corrected chi connectivity index (χ2v) is 8.99. The third kappa shape index (κ3) is 3.42. The highest BCUT2D eigenvalue weighted by Crippen LogP contribution is 2.57. The molecule has 2 aliphatic carbocycles. The van der Waals surface area contributed by atoms with Crippen LogP contribution in [0.5, 0.6) is 5.75 Å². The van der Waals surface area contributed by atoms with Gasteiger partial charge in [-0.1, -0.05) is 30.1 Å². The second kappa shape index (κ2) is 7.33. The van der Waals surface area contributed by atoms with Gasteiger partial charge in [-0.05, 0) is 56.4 Å². The first-order chi connectivity index (χ1) is 13.4. The van der Waals surface area contributed by atoms with Crippen molar-refractivity contribution in [3.05, 3.63) is 33.3 Å². The number of carbonyl (C=O) groups excluding carboxylic acids is 1. The van der Waals surface area contributed by atoms with Crippen LogP contribution < -0.4 is 4.74 Å². The van der Waals surface area contributed by atoms with Gasteiger partial charge in [0, 0.05) is 17.4 Å². The van der Waals surface area contributed by atoms with Crippen molar-refractivity contribution in [2.75, 3.05) is 0 Å². The Hall–Kier alpha value is -2.05. The summed E-state index contributed by atoms with van der Waals surface area (Å²) in [6.07, 6.45) is 2.58. The number of benzene rings is 1. The lowest BCUT2D eigenvalue weighted by molar-refractivity contribution is -0.164. The van der Waals surface area contributed by atoms with E-state index >= 15 is 0 Å². The summed E-state index contributed by atoms with van der Waals surface area (Å²) in [5.41, 5.74) is 0.464. The molecule has 0 bridgehead atoms. The lowest BCUT2D eigenvalue weighted by Crippen LogP contribution is -2.46. The molecular weight excluding hydrogens is 419 g/mol. The standard InChI is InChI=1S/C21H22Cl2O6/c1-4-21-6-5-11(24)8-12(21)14-10(9-21)7-13(15(22)16(14)23)29-17(18(25)26)20(2,3)19(27)28/h7-8,17H,4-6,9H2,1-3H3,(H,25,26)(H,27,28). The molecule has 0 aliphatic heterocycles. The largest absolute Gasteiger partial charge is 0.481 e. The van der Waals surface area contributed by atoms with Crippen LogP contribution in [0.25, 0.3) is 5.57 Å². The van der Waals surface area contributed by atoms with Crippen LogP contribution in [0.1, 0.15) is 51.2 Å². The van der Waals surface area contributed by atoms with Crippen LogP contribution in [0.2, 0.25) is 10.0 Å². The van der Waals surface area contributed by atoms with Gasteiger partial charge in [0.25, 0.3) is 0 Å². The van der Waals surface area contributed by atoms with Gasteiger partial charge in [-0.3, -0.25) is 9.59 Å². The minimum atomic E-state index is -1.70. The number of rotatable bonds is 6. The molecule has 0 heterocycles. The fourth-order valence-electron chi connectivity index (χ4n) is 4.18. The molecule has 2 N–H and O–H groups in total. The van der Waals surface area contributed by atoms with E-state index in [4.69, 9.17) is 27.9 Å². The number of hydrogen-bond acceptors (Lipinski definition) is 4. The van der Waals surface area contributed by atoms with Crippen LogP contribution in [0.4, 0.5) is 0 Å². The summed E-state index contributed by atoms with van der Waals surface area (Å²) in [5.74, 6) is -2.67. The first-order valence-corrected chi connectivity index (χ1v) is 10.1. The molecule has 1 aromatic rings. The van der Waals surface area contributed by atoms with Crippen molar-refractivity contribution in [1.82, 2.24) is 0 Å². The third-order valence-electron chi connectivity index (χ3n) is 6.13. The molecule has 0 saturated heterocycles. The minimum absolute atomic E-state index is 0.00341. The normalized spacial score (nSPS) is 21.8. The first-order valence-electron chi connectivity index (χ1n) is 9.33. The highest BCUT2D eigenvalue weighted by molar-refractivity contribution is 6.44. The van der Waals surface area contributed by atoms with Gasteiger partial charge in [-0.15, -0.1) is 0 Å². The molecule has 8 heteroatoms. The fourth-order valence-corrected chi connectivity index (χ4v) is 4.69. The fraction of sp³-hybridized carbons (Fsp3) is 0.476. The third-order valence-corrected chi connectivity index (χ3v) is 6.98. The topological polar surface area (TPSA) is 101 Å². The average Bonchev–Trinajstić information content (AvgIpc) is 2.96. The SMILES string of the molecule is CCC12CCC(=O)C=C1c1c(cc(OC(C(=O)O)C(C)(C)C(=O)O)c(Cl)c1Cl)C2. The van der Waals surface area contributed by atoms with E-state index in [1.54, 1.807) is 12.1 Å². The summed E-state index contributed by atoms with van der Waals surface area (Å²) in [6.45, 7) is 4.60. The number of carbonyl (C=O) groups is 3. The molecule has 0 aromatic heterocycles. The highest BCUT2D eigenvalue weighted by Gasteiger charge is 2.47. The number of carboxylic acids is 2. The van der Waals surface area contributed by atoms with Crippen molar-refractivity contribution in [3.63, 3.8) is 0 Å². The molecule has 0 fully saturated rings. The Morgan fingerprint density at radius 3 is 2.48 bits per heavy atom. The van der Waals surface area contributed by atoms with Crippen molar-refractivity contribution >= 4 is 46.5 Å². The van der Waals surface area contributed by atoms with Gasteiger partial charge in [0.15, 0.2) is 5.78 Å². The molecule has 29 heavy (non-hydrogen) atoms. The predicted octanol–water partition coefficient (Wildman–Crippen LogP) is 4.64. The quantitative estimate of drug-likeness (QED) is 0.668. The van der Waals surface area contributed by atoms with E-state index in [1.807, 2.05) is 0 Å². The number of halogens is 2. The van der Waals surface area contributed by atoms with Crippen molar-refractivity contribution < 1.29 is 29.3 Å². The number of allylic oxidation sites excluding steroid dienone is 2. The van der Waals surface area contributed by atoms with E-state index in [1.165, 1.54) is 13.8 Å². The maximum Gasteiger partial charge on any atom is 0.346 e. The van der Waals surface area contributed by atoms with Crippen LogP contribution in [0.15, 0.2) is 12.1 Å². The summed E-state index contributed by atoms with van der Waals surface area (Å²) >= 11 is 12.9. The molecule has 3 rings (SSSR count). The van der Waals surface area contributed by atoms with E-state index in [9.17, 15) is 24.6 Å². The minimum Gasteiger partial charge on any atom is -0.481 e. The summed E-state index contributed by atoms with van der Waals surface area (Å²) in [7, 11) is 0. The Balaban J connectivity index is 2.10. The molecule has 0 spiro atoms. The van der Waals surface area contributed by atoms with E-state index in [-0.39, 0.29) is 27.0 Å². The molecule has 2 aliphatic rings. The number of ketones is 1. The van der Waals surface area contributed by atoms with Gasteiger partial charge in [0.2, 0.25) is 6.10 Å². The highest BCUT2D eigenvalue weighted by atomic mass is 35.5. The van der Waals surface area contributed by atoms with Crippen LogP contribution >= 0.6 is 23.2 Å². The Morgan fingerprint density at radius 2 is 1.93 bits per heavy atom. The molecule has 6 nitrogen and oxygen atoms in total. The lowest BCUT2D eigenvalue weighted by Gasteiger charge is -2.32. The Bertz CT molecular complexity index is 949. The van der Waals surface area contributed by atoms with Gasteiger partial charge in [0.1, 0.15) is 16.2 Å². The van der Waals surface area contributed by atoms with Gasteiger partial charge in [-0.25, -0.2) is 4.79 Å². The van der Waals surface area contributed by atoms with Crippen LogP contribution in [-0.2, 0) is 20.8 Å². The first kappa shape index (κ1) is 21.7. The van der Waals surface area contributed by atoms with Crippen molar-refractivity contribution in [2.24, 2.45) is 10.8 Å². The smallest absolute Gasteiger partial charge is 0.346 e. The van der Waals surface area contributed by atoms with Gasteiger partial charge < -0.3 is 14.9 Å². The summed E-state index contributed by atoms with van der Waals surface area (Å²) < 4.78 is 5.60. The van der Waals surface area contributed by atoms with E-state index in [2.05, 4.69) is 6.92 Å². The maximum absolute atomic E-state index is 12.0. The summed E-state index contributed by atoms with van der Waals surface area (Å²) in [4.78, 5) is 35.3. The Morgan fingerprint density at radius 1 is 1.28 bits per heavy atom. The predicted molar refractivity (Wildman–Crippen MR) is 109 cm³/mol. The zero-order valence-electron chi connectivity index (χ0n) is 16.3. The number of hydrogen-bond donors (Lipinski definition) is 2. The number of ether oxygens (including phenoxy) is 1. The average molecular weight is 441 g/mol. The monoisotopic (exact) mass is 440 g/mol. The number of aliphatic carboxylic acids is 2. The summed E-state index contributed by atoms with van der Waals surface area (Å²) in [6, 6.07) is 1.62. The number of carboxylic acid groups (broad SMARTS) is 2. The zero-order chi connectivity index (χ0) is 21.7. The van der Waals surface area contributed by atoms with Crippen molar-refractivity contribution in [2.45, 2.75) is 52.6 Å². The second-order valence-electron chi connectivity index (χ2n) is 8.23. The Kier molecular flexibility index (Phi) is 5.47. The van der Waals surface area contributed by atoms with Crippen LogP contribution in [-0.4, -0.2) is 34.0 Å².